The maximum absolute atomic E-state index is 4.48. The molecule has 1 aromatic rings. The molecule has 0 fully saturated rings. The van der Waals surface area contributed by atoms with Gasteiger partial charge in [0, 0.05) is 24.4 Å². The first kappa shape index (κ1) is 10.2. The van der Waals surface area contributed by atoms with Crippen LogP contribution in [-0.4, -0.2) is 30.5 Å². The van der Waals surface area contributed by atoms with Crippen LogP contribution in [0.3, 0.4) is 0 Å². The lowest BCUT2D eigenvalue weighted by Crippen LogP contribution is -2.15. The lowest BCUT2D eigenvalue weighted by Gasteiger charge is -2.09. The summed E-state index contributed by atoms with van der Waals surface area (Å²) >= 11 is 0. The van der Waals surface area contributed by atoms with Crippen LogP contribution in [0, 0.1) is 13.8 Å². The lowest BCUT2D eigenvalue weighted by atomic mass is 10.2. The number of nitrogens with zero attached hydrogens (tertiary/aromatic N) is 2. The van der Waals surface area contributed by atoms with Crippen LogP contribution in [0.5, 0.6) is 0 Å². The summed E-state index contributed by atoms with van der Waals surface area (Å²) in [5.41, 5.74) is 3.63. The van der Waals surface area contributed by atoms with Crippen molar-refractivity contribution in [2.45, 2.75) is 20.3 Å². The van der Waals surface area contributed by atoms with Crippen LogP contribution in [-0.2, 0) is 6.42 Å². The molecular weight excluding hydrogens is 160 g/mol. The zero-order valence-electron chi connectivity index (χ0n) is 8.96. The van der Waals surface area contributed by atoms with Crippen molar-refractivity contribution in [3.05, 3.63) is 29.1 Å². The summed E-state index contributed by atoms with van der Waals surface area (Å²) in [6.45, 7) is 5.23. The van der Waals surface area contributed by atoms with Crippen molar-refractivity contribution in [1.82, 2.24) is 9.88 Å². The smallest absolute Gasteiger partial charge is 0.0422 e. The molecule has 13 heavy (non-hydrogen) atoms. The van der Waals surface area contributed by atoms with Gasteiger partial charge >= 0.3 is 0 Å². The fraction of sp³-hybridized carbons (Fsp3) is 0.545. The Morgan fingerprint density at radius 1 is 1.23 bits per heavy atom. The van der Waals surface area contributed by atoms with E-state index in [-0.39, 0.29) is 0 Å². The second-order valence-electron chi connectivity index (χ2n) is 3.83. The SMILES string of the molecule is Cc1cc(C)nc(CCN(C)C)c1. The van der Waals surface area contributed by atoms with Crippen molar-refractivity contribution in [1.29, 1.82) is 0 Å². The maximum atomic E-state index is 4.48. The molecule has 0 amide bonds. The molecule has 1 heterocycles. The van der Waals surface area contributed by atoms with Crippen molar-refractivity contribution in [2.75, 3.05) is 20.6 Å². The Labute approximate surface area is 80.6 Å². The first-order valence-electron chi connectivity index (χ1n) is 4.67. The van der Waals surface area contributed by atoms with Crippen molar-refractivity contribution < 1.29 is 0 Å². The number of aryl methyl sites for hydroxylation is 2. The molecule has 0 N–H and O–H groups in total. The van der Waals surface area contributed by atoms with Crippen LogP contribution < -0.4 is 0 Å². The van der Waals surface area contributed by atoms with E-state index in [1.807, 2.05) is 6.92 Å². The van der Waals surface area contributed by atoms with Gasteiger partial charge in [-0.25, -0.2) is 0 Å². The Morgan fingerprint density at radius 2 is 1.92 bits per heavy atom. The Bertz CT molecular complexity index is 259. The molecule has 0 aliphatic carbocycles. The number of pyridine rings is 1. The molecule has 0 bridgehead atoms. The Morgan fingerprint density at radius 3 is 2.46 bits per heavy atom. The van der Waals surface area contributed by atoms with Crippen LogP contribution in [0.1, 0.15) is 17.0 Å². The van der Waals surface area contributed by atoms with E-state index in [9.17, 15) is 0 Å². The minimum atomic E-state index is 1.04. The van der Waals surface area contributed by atoms with Crippen molar-refractivity contribution >= 4 is 0 Å². The summed E-state index contributed by atoms with van der Waals surface area (Å²) < 4.78 is 0. The van der Waals surface area contributed by atoms with Crippen molar-refractivity contribution in [2.24, 2.45) is 0 Å². The van der Waals surface area contributed by atoms with Gasteiger partial charge in [-0.1, -0.05) is 0 Å². The van der Waals surface area contributed by atoms with Gasteiger partial charge in [-0.05, 0) is 45.6 Å². The van der Waals surface area contributed by atoms with Gasteiger partial charge in [0.15, 0.2) is 0 Å². The second-order valence-corrected chi connectivity index (χ2v) is 3.83. The largest absolute Gasteiger partial charge is 0.309 e. The number of aromatic nitrogens is 1. The monoisotopic (exact) mass is 178 g/mol. The highest BCUT2D eigenvalue weighted by molar-refractivity contribution is 5.19. The molecule has 1 rings (SSSR count). The summed E-state index contributed by atoms with van der Waals surface area (Å²) in [5.74, 6) is 0. The third-order valence-corrected chi connectivity index (χ3v) is 1.97. The molecule has 0 saturated heterocycles. The third-order valence-electron chi connectivity index (χ3n) is 1.97. The maximum Gasteiger partial charge on any atom is 0.0422 e. The molecular formula is C11H18N2. The van der Waals surface area contributed by atoms with Gasteiger partial charge in [-0.15, -0.1) is 0 Å². The van der Waals surface area contributed by atoms with Gasteiger partial charge in [-0.2, -0.15) is 0 Å². The first-order chi connectivity index (χ1) is 6.08. The standard InChI is InChI=1S/C11H18N2/c1-9-7-10(2)12-11(8-9)5-6-13(3)4/h7-8H,5-6H2,1-4H3. The minimum Gasteiger partial charge on any atom is -0.309 e. The van der Waals surface area contributed by atoms with E-state index in [4.69, 9.17) is 0 Å². The quantitative estimate of drug-likeness (QED) is 0.701. The molecule has 0 unspecified atom stereocenters. The number of hydrogen-bond donors (Lipinski definition) is 0. The van der Waals surface area contributed by atoms with Crippen LogP contribution in [0.25, 0.3) is 0 Å². The number of likely N-dealkylation sites (N-methyl/N-ethyl adjacent to an activating group) is 1. The molecule has 2 nitrogen and oxygen atoms in total. The highest BCUT2D eigenvalue weighted by Crippen LogP contribution is 2.04. The molecule has 0 radical (unpaired) electrons. The first-order valence-corrected chi connectivity index (χ1v) is 4.67. The van der Waals surface area contributed by atoms with Crippen molar-refractivity contribution in [3.8, 4) is 0 Å². The highest BCUT2D eigenvalue weighted by atomic mass is 15.0. The normalized spacial score (nSPS) is 10.8. The van der Waals surface area contributed by atoms with Gasteiger partial charge in [0.05, 0.1) is 0 Å². The zero-order valence-corrected chi connectivity index (χ0v) is 8.96. The molecule has 0 saturated carbocycles. The van der Waals surface area contributed by atoms with Gasteiger partial charge in [-0.3, -0.25) is 4.98 Å². The van der Waals surface area contributed by atoms with Crippen molar-refractivity contribution in [3.63, 3.8) is 0 Å². The van der Waals surface area contributed by atoms with Crippen LogP contribution >= 0.6 is 0 Å². The number of hydrogen-bond acceptors (Lipinski definition) is 2. The summed E-state index contributed by atoms with van der Waals surface area (Å²) in [6.07, 6.45) is 1.04. The minimum absolute atomic E-state index is 1.04. The van der Waals surface area contributed by atoms with Crippen LogP contribution in [0.15, 0.2) is 12.1 Å². The van der Waals surface area contributed by atoms with Gasteiger partial charge < -0.3 is 4.90 Å². The lowest BCUT2D eigenvalue weighted by molar-refractivity contribution is 0.411. The van der Waals surface area contributed by atoms with E-state index in [1.165, 1.54) is 11.3 Å². The third kappa shape index (κ3) is 3.55. The zero-order chi connectivity index (χ0) is 9.84. The van der Waals surface area contributed by atoms with Gasteiger partial charge in [0.25, 0.3) is 0 Å². The van der Waals surface area contributed by atoms with Crippen LogP contribution in [0.4, 0.5) is 0 Å². The highest BCUT2D eigenvalue weighted by Gasteiger charge is 1.98. The second kappa shape index (κ2) is 4.38. The molecule has 2 heteroatoms. The fourth-order valence-electron chi connectivity index (χ4n) is 1.39. The molecule has 0 spiro atoms. The summed E-state index contributed by atoms with van der Waals surface area (Å²) in [7, 11) is 4.17. The van der Waals surface area contributed by atoms with E-state index in [0.29, 0.717) is 0 Å². The average Bonchev–Trinajstić information content (AvgIpc) is 1.99. The van der Waals surface area contributed by atoms with E-state index in [2.05, 4.69) is 43.0 Å². The molecule has 72 valence electrons. The predicted octanol–water partition coefficient (Wildman–Crippen LogP) is 1.80. The Balaban J connectivity index is 2.66. The fourth-order valence-corrected chi connectivity index (χ4v) is 1.39. The van der Waals surface area contributed by atoms with E-state index in [0.717, 1.165) is 18.7 Å². The van der Waals surface area contributed by atoms with E-state index >= 15 is 0 Å². The summed E-state index contributed by atoms with van der Waals surface area (Å²) in [6, 6.07) is 4.27. The van der Waals surface area contributed by atoms with E-state index < -0.39 is 0 Å². The molecule has 0 atom stereocenters. The Hall–Kier alpha value is -0.890. The Kier molecular flexibility index (Phi) is 3.43. The van der Waals surface area contributed by atoms with Gasteiger partial charge in [0.2, 0.25) is 0 Å². The summed E-state index contributed by atoms with van der Waals surface area (Å²) in [5, 5.41) is 0. The predicted molar refractivity (Wildman–Crippen MR) is 56.0 cm³/mol. The molecule has 0 aromatic carbocycles. The van der Waals surface area contributed by atoms with E-state index in [1.54, 1.807) is 0 Å². The molecule has 0 aliphatic rings. The van der Waals surface area contributed by atoms with Crippen LogP contribution in [0.2, 0.25) is 0 Å². The molecule has 0 aliphatic heterocycles. The summed E-state index contributed by atoms with van der Waals surface area (Å²) in [4.78, 5) is 6.66. The average molecular weight is 178 g/mol. The number of rotatable bonds is 3. The van der Waals surface area contributed by atoms with Gasteiger partial charge in [0.1, 0.15) is 0 Å². The topological polar surface area (TPSA) is 16.1 Å². The molecule has 1 aromatic heterocycles.